The predicted molar refractivity (Wildman–Crippen MR) is 81.4 cm³/mol. The molecule has 1 aromatic carbocycles. The van der Waals surface area contributed by atoms with Crippen molar-refractivity contribution in [1.82, 2.24) is 10.2 Å². The van der Waals surface area contributed by atoms with Crippen LogP contribution >= 0.6 is 11.8 Å². The molecular weight excluding hydrogens is 272 g/mol. The van der Waals surface area contributed by atoms with Crippen molar-refractivity contribution in [3.05, 3.63) is 48.6 Å². The van der Waals surface area contributed by atoms with Gasteiger partial charge in [0.1, 0.15) is 6.04 Å². The van der Waals surface area contributed by atoms with E-state index in [1.54, 1.807) is 16.7 Å². The maximum absolute atomic E-state index is 12.1. The minimum absolute atomic E-state index is 0.0299. The van der Waals surface area contributed by atoms with Gasteiger partial charge in [-0.15, -0.1) is 6.58 Å². The maximum atomic E-state index is 12.1. The Balaban J connectivity index is 2.12. The highest BCUT2D eigenvalue weighted by atomic mass is 32.2. The second-order valence-electron chi connectivity index (χ2n) is 4.48. The first-order chi connectivity index (χ1) is 9.74. The molecule has 2 rings (SSSR count). The molecule has 1 unspecified atom stereocenters. The van der Waals surface area contributed by atoms with Gasteiger partial charge >= 0.3 is 0 Å². The summed E-state index contributed by atoms with van der Waals surface area (Å²) in [5, 5.41) is 2.66. The Bertz CT molecular complexity index is 490. The van der Waals surface area contributed by atoms with Crippen LogP contribution in [0, 0.1) is 0 Å². The van der Waals surface area contributed by atoms with Crippen LogP contribution in [-0.4, -0.2) is 41.3 Å². The third-order valence-electron chi connectivity index (χ3n) is 3.12. The predicted octanol–water partition coefficient (Wildman–Crippen LogP) is 1.61. The summed E-state index contributed by atoms with van der Waals surface area (Å²) < 4.78 is 0. The smallest absolute Gasteiger partial charge is 0.247 e. The van der Waals surface area contributed by atoms with E-state index >= 15 is 0 Å². The molecule has 20 heavy (non-hydrogen) atoms. The summed E-state index contributed by atoms with van der Waals surface area (Å²) in [6.07, 6.45) is 1.84. The van der Waals surface area contributed by atoms with Crippen molar-refractivity contribution >= 4 is 23.6 Å². The molecule has 1 N–H and O–H groups in total. The van der Waals surface area contributed by atoms with E-state index in [4.69, 9.17) is 0 Å². The Kier molecular flexibility index (Phi) is 5.24. The molecule has 1 saturated heterocycles. The Labute approximate surface area is 123 Å². The number of piperazine rings is 1. The minimum Gasteiger partial charge on any atom is -0.345 e. The molecule has 1 fully saturated rings. The van der Waals surface area contributed by atoms with Gasteiger partial charge in [-0.05, 0) is 5.56 Å². The molecule has 0 spiro atoms. The molecule has 0 aromatic heterocycles. The van der Waals surface area contributed by atoms with Crippen molar-refractivity contribution in [2.45, 2.75) is 6.04 Å². The first-order valence-corrected chi connectivity index (χ1v) is 7.70. The molecule has 0 aliphatic carbocycles. The molecular formula is C15H18N2O2S. The first kappa shape index (κ1) is 14.7. The van der Waals surface area contributed by atoms with Gasteiger partial charge in [0.2, 0.25) is 11.8 Å². The Morgan fingerprint density at radius 3 is 2.80 bits per heavy atom. The van der Waals surface area contributed by atoms with E-state index in [1.165, 1.54) is 0 Å². The monoisotopic (exact) mass is 290 g/mol. The van der Waals surface area contributed by atoms with E-state index in [0.29, 0.717) is 6.54 Å². The molecule has 1 aliphatic rings. The summed E-state index contributed by atoms with van der Waals surface area (Å²) in [6.45, 7) is 4.33. The van der Waals surface area contributed by atoms with Crippen molar-refractivity contribution in [2.75, 3.05) is 24.6 Å². The number of amides is 2. The quantitative estimate of drug-likeness (QED) is 0.639. The van der Waals surface area contributed by atoms with Crippen LogP contribution in [0.5, 0.6) is 0 Å². The van der Waals surface area contributed by atoms with Crippen LogP contribution in [-0.2, 0) is 9.59 Å². The Morgan fingerprint density at radius 1 is 1.35 bits per heavy atom. The lowest BCUT2D eigenvalue weighted by Crippen LogP contribution is -2.54. The fourth-order valence-electron chi connectivity index (χ4n) is 2.20. The third kappa shape index (κ3) is 3.42. The molecule has 0 radical (unpaired) electrons. The second-order valence-corrected chi connectivity index (χ2v) is 5.63. The SMILES string of the molecule is C=CCSCCN1C(=O)CNC(=O)C1c1ccccc1. The number of nitrogens with zero attached hydrogens (tertiary/aromatic N) is 1. The van der Waals surface area contributed by atoms with E-state index in [1.807, 2.05) is 36.4 Å². The zero-order valence-electron chi connectivity index (χ0n) is 11.2. The van der Waals surface area contributed by atoms with Crippen molar-refractivity contribution in [3.8, 4) is 0 Å². The van der Waals surface area contributed by atoms with Crippen LogP contribution in [0.2, 0.25) is 0 Å². The summed E-state index contributed by atoms with van der Waals surface area (Å²) in [4.78, 5) is 25.9. The first-order valence-electron chi connectivity index (χ1n) is 6.55. The van der Waals surface area contributed by atoms with Gasteiger partial charge in [-0.2, -0.15) is 11.8 Å². The van der Waals surface area contributed by atoms with E-state index in [2.05, 4.69) is 11.9 Å². The maximum Gasteiger partial charge on any atom is 0.247 e. The number of hydrogen-bond donors (Lipinski definition) is 1. The van der Waals surface area contributed by atoms with Crippen LogP contribution in [0.4, 0.5) is 0 Å². The Hall–Kier alpha value is -1.75. The van der Waals surface area contributed by atoms with Gasteiger partial charge in [0.15, 0.2) is 0 Å². The number of rotatable bonds is 6. The van der Waals surface area contributed by atoms with Gasteiger partial charge in [0.05, 0.1) is 6.54 Å². The highest BCUT2D eigenvalue weighted by Crippen LogP contribution is 2.23. The molecule has 1 aliphatic heterocycles. The molecule has 1 aromatic rings. The fraction of sp³-hybridized carbons (Fsp3) is 0.333. The molecule has 1 heterocycles. The fourth-order valence-corrected chi connectivity index (χ4v) is 2.86. The Morgan fingerprint density at radius 2 is 2.10 bits per heavy atom. The van der Waals surface area contributed by atoms with E-state index in [0.717, 1.165) is 17.1 Å². The molecule has 0 saturated carbocycles. The van der Waals surface area contributed by atoms with Gasteiger partial charge in [0.25, 0.3) is 0 Å². The lowest BCUT2D eigenvalue weighted by Gasteiger charge is -2.35. The molecule has 5 heteroatoms. The minimum atomic E-state index is -0.512. The zero-order chi connectivity index (χ0) is 14.4. The topological polar surface area (TPSA) is 49.4 Å². The molecule has 0 bridgehead atoms. The second kappa shape index (κ2) is 7.14. The number of hydrogen-bond acceptors (Lipinski definition) is 3. The van der Waals surface area contributed by atoms with Gasteiger partial charge in [-0.1, -0.05) is 36.4 Å². The summed E-state index contributed by atoms with van der Waals surface area (Å²) in [5.41, 5.74) is 0.853. The largest absolute Gasteiger partial charge is 0.345 e. The number of thioether (sulfide) groups is 1. The highest BCUT2D eigenvalue weighted by Gasteiger charge is 2.34. The van der Waals surface area contributed by atoms with Crippen molar-refractivity contribution in [1.29, 1.82) is 0 Å². The zero-order valence-corrected chi connectivity index (χ0v) is 12.1. The van der Waals surface area contributed by atoms with Crippen LogP contribution in [0.1, 0.15) is 11.6 Å². The number of carbonyl (C=O) groups is 2. The van der Waals surface area contributed by atoms with Crippen LogP contribution in [0.25, 0.3) is 0 Å². The van der Waals surface area contributed by atoms with Crippen molar-refractivity contribution in [2.24, 2.45) is 0 Å². The normalized spacial score (nSPS) is 18.8. The van der Waals surface area contributed by atoms with Gasteiger partial charge in [-0.3, -0.25) is 9.59 Å². The number of nitrogens with one attached hydrogen (secondary N) is 1. The average Bonchev–Trinajstić information content (AvgIpc) is 2.48. The van der Waals surface area contributed by atoms with Crippen molar-refractivity contribution in [3.63, 3.8) is 0 Å². The number of carbonyl (C=O) groups excluding carboxylic acids is 2. The van der Waals surface area contributed by atoms with E-state index in [-0.39, 0.29) is 18.4 Å². The molecule has 2 amide bonds. The van der Waals surface area contributed by atoms with Crippen molar-refractivity contribution < 1.29 is 9.59 Å². The average molecular weight is 290 g/mol. The summed E-state index contributed by atoms with van der Waals surface area (Å²) in [5.74, 6) is 1.51. The molecule has 1 atom stereocenters. The summed E-state index contributed by atoms with van der Waals surface area (Å²) >= 11 is 1.70. The number of benzene rings is 1. The van der Waals surface area contributed by atoms with Crippen LogP contribution in [0.15, 0.2) is 43.0 Å². The standard InChI is InChI=1S/C15H18N2O2S/c1-2-9-20-10-8-17-13(18)11-16-15(19)14(17)12-6-4-3-5-7-12/h2-7,14H,1,8-11H2,(H,16,19). The highest BCUT2D eigenvalue weighted by molar-refractivity contribution is 7.99. The third-order valence-corrected chi connectivity index (χ3v) is 4.06. The van der Waals surface area contributed by atoms with E-state index < -0.39 is 6.04 Å². The van der Waals surface area contributed by atoms with Gasteiger partial charge in [0, 0.05) is 18.1 Å². The van der Waals surface area contributed by atoms with E-state index in [9.17, 15) is 9.59 Å². The lowest BCUT2D eigenvalue weighted by molar-refractivity contribution is -0.145. The molecule has 4 nitrogen and oxygen atoms in total. The summed E-state index contributed by atoms with van der Waals surface area (Å²) in [7, 11) is 0. The lowest BCUT2D eigenvalue weighted by atomic mass is 10.0. The van der Waals surface area contributed by atoms with Crippen LogP contribution in [0.3, 0.4) is 0 Å². The van der Waals surface area contributed by atoms with Gasteiger partial charge < -0.3 is 10.2 Å². The molecule has 106 valence electrons. The van der Waals surface area contributed by atoms with Gasteiger partial charge in [-0.25, -0.2) is 0 Å². The van der Waals surface area contributed by atoms with Crippen LogP contribution < -0.4 is 5.32 Å². The summed E-state index contributed by atoms with van der Waals surface area (Å²) in [6, 6.07) is 8.91.